The van der Waals surface area contributed by atoms with Crippen molar-refractivity contribution in [3.8, 4) is 0 Å². The summed E-state index contributed by atoms with van der Waals surface area (Å²) in [6.45, 7) is 5.20. The number of benzene rings is 1. The van der Waals surface area contributed by atoms with Crippen LogP contribution in [0.25, 0.3) is 0 Å². The van der Waals surface area contributed by atoms with E-state index in [1.165, 1.54) is 11.1 Å². The molecule has 1 heterocycles. The smallest absolute Gasteiger partial charge is 0.115 e. The predicted octanol–water partition coefficient (Wildman–Crippen LogP) is 3.07. The van der Waals surface area contributed by atoms with Gasteiger partial charge < -0.3 is 5.32 Å². The molecular weight excluding hydrogens is 234 g/mol. The van der Waals surface area contributed by atoms with Crippen LogP contribution in [0.5, 0.6) is 0 Å². The fourth-order valence-electron chi connectivity index (χ4n) is 2.19. The highest BCUT2D eigenvalue weighted by Crippen LogP contribution is 2.18. The van der Waals surface area contributed by atoms with Crippen LogP contribution in [0.4, 0.5) is 0 Å². The fraction of sp³-hybridized carbons (Fsp3) is 0.375. The minimum Gasteiger partial charge on any atom is -0.310 e. The zero-order valence-electron chi connectivity index (χ0n) is 11.6. The summed E-state index contributed by atoms with van der Waals surface area (Å²) in [5.74, 6) is 0. The van der Waals surface area contributed by atoms with E-state index in [2.05, 4.69) is 53.4 Å². The maximum Gasteiger partial charge on any atom is 0.115 e. The third kappa shape index (κ3) is 4.14. The molecule has 100 valence electrons. The Morgan fingerprint density at radius 3 is 2.42 bits per heavy atom. The van der Waals surface area contributed by atoms with Gasteiger partial charge in [0.1, 0.15) is 6.33 Å². The van der Waals surface area contributed by atoms with Crippen LogP contribution < -0.4 is 5.32 Å². The topological polar surface area (TPSA) is 37.8 Å². The molecule has 1 N–H and O–H groups in total. The summed E-state index contributed by atoms with van der Waals surface area (Å²) in [7, 11) is 0. The van der Waals surface area contributed by atoms with E-state index in [1.807, 2.05) is 12.4 Å². The minimum absolute atomic E-state index is 0.326. The summed E-state index contributed by atoms with van der Waals surface area (Å²) in [5.41, 5.74) is 3.85. The highest BCUT2D eigenvalue weighted by Gasteiger charge is 2.10. The molecule has 0 saturated heterocycles. The lowest BCUT2D eigenvalue weighted by Gasteiger charge is -2.17. The Kier molecular flexibility index (Phi) is 5.04. The largest absolute Gasteiger partial charge is 0.310 e. The number of hydrogen-bond acceptors (Lipinski definition) is 3. The first kappa shape index (κ1) is 13.7. The van der Waals surface area contributed by atoms with Crippen molar-refractivity contribution in [1.82, 2.24) is 15.3 Å². The van der Waals surface area contributed by atoms with Gasteiger partial charge in [0.2, 0.25) is 0 Å². The molecule has 1 atom stereocenters. The Labute approximate surface area is 115 Å². The molecule has 0 fully saturated rings. The molecule has 2 aromatic rings. The normalized spacial score (nSPS) is 12.3. The Morgan fingerprint density at radius 1 is 1.11 bits per heavy atom. The molecule has 1 aromatic carbocycles. The van der Waals surface area contributed by atoms with E-state index >= 15 is 0 Å². The average Bonchev–Trinajstić information content (AvgIpc) is 2.46. The Morgan fingerprint density at radius 2 is 1.79 bits per heavy atom. The number of aryl methyl sites for hydroxylation is 2. The molecule has 0 spiro atoms. The zero-order chi connectivity index (χ0) is 13.5. The molecule has 0 amide bonds. The van der Waals surface area contributed by atoms with Crippen molar-refractivity contribution in [2.24, 2.45) is 0 Å². The highest BCUT2D eigenvalue weighted by atomic mass is 14.9. The standard InChI is InChI=1S/C16H21N3/c1-3-19-16(15-10-17-12-18-11-15)9-8-14-6-4-13(2)5-7-14/h4-7,10-12,16,19H,3,8-9H2,1-2H3. The van der Waals surface area contributed by atoms with E-state index in [1.54, 1.807) is 6.33 Å². The van der Waals surface area contributed by atoms with Gasteiger partial charge in [0.15, 0.2) is 0 Å². The van der Waals surface area contributed by atoms with Crippen molar-refractivity contribution in [3.05, 3.63) is 59.7 Å². The van der Waals surface area contributed by atoms with E-state index in [0.29, 0.717) is 6.04 Å². The van der Waals surface area contributed by atoms with E-state index in [9.17, 15) is 0 Å². The Bertz CT molecular complexity index is 479. The molecule has 0 aliphatic heterocycles. The first-order valence-electron chi connectivity index (χ1n) is 6.83. The van der Waals surface area contributed by atoms with Gasteiger partial charge in [-0.3, -0.25) is 0 Å². The number of nitrogens with zero attached hydrogens (tertiary/aromatic N) is 2. The van der Waals surface area contributed by atoms with E-state index in [4.69, 9.17) is 0 Å². The summed E-state index contributed by atoms with van der Waals surface area (Å²) in [5, 5.41) is 3.50. The van der Waals surface area contributed by atoms with Gasteiger partial charge in [0.25, 0.3) is 0 Å². The van der Waals surface area contributed by atoms with Gasteiger partial charge in [-0.15, -0.1) is 0 Å². The van der Waals surface area contributed by atoms with Gasteiger partial charge in [-0.05, 0) is 31.9 Å². The average molecular weight is 255 g/mol. The quantitative estimate of drug-likeness (QED) is 0.862. The van der Waals surface area contributed by atoms with Gasteiger partial charge in [-0.2, -0.15) is 0 Å². The van der Waals surface area contributed by atoms with Crippen LogP contribution in [0.1, 0.15) is 36.1 Å². The van der Waals surface area contributed by atoms with Crippen LogP contribution in [0.15, 0.2) is 43.0 Å². The van der Waals surface area contributed by atoms with Crippen molar-refractivity contribution >= 4 is 0 Å². The number of aromatic nitrogens is 2. The van der Waals surface area contributed by atoms with Gasteiger partial charge in [0.05, 0.1) is 0 Å². The third-order valence-corrected chi connectivity index (χ3v) is 3.28. The summed E-state index contributed by atoms with van der Waals surface area (Å²) in [6, 6.07) is 9.08. The number of nitrogens with one attached hydrogen (secondary N) is 1. The molecule has 2 rings (SSSR count). The molecule has 19 heavy (non-hydrogen) atoms. The Balaban J connectivity index is 1.99. The first-order valence-corrected chi connectivity index (χ1v) is 6.83. The van der Waals surface area contributed by atoms with Gasteiger partial charge in [0, 0.05) is 24.0 Å². The maximum absolute atomic E-state index is 4.10. The van der Waals surface area contributed by atoms with Crippen molar-refractivity contribution in [2.75, 3.05) is 6.54 Å². The fourth-order valence-corrected chi connectivity index (χ4v) is 2.19. The molecule has 0 aliphatic carbocycles. The zero-order valence-corrected chi connectivity index (χ0v) is 11.6. The van der Waals surface area contributed by atoms with Crippen molar-refractivity contribution < 1.29 is 0 Å². The second-order valence-electron chi connectivity index (χ2n) is 4.81. The minimum atomic E-state index is 0.326. The van der Waals surface area contributed by atoms with Gasteiger partial charge in [-0.25, -0.2) is 9.97 Å². The second kappa shape index (κ2) is 7.00. The molecule has 1 aromatic heterocycles. The van der Waals surface area contributed by atoms with Crippen LogP contribution >= 0.6 is 0 Å². The van der Waals surface area contributed by atoms with Crippen LogP contribution in [0.3, 0.4) is 0 Å². The monoisotopic (exact) mass is 255 g/mol. The summed E-state index contributed by atoms with van der Waals surface area (Å²) in [4.78, 5) is 8.21. The lowest BCUT2D eigenvalue weighted by atomic mass is 10.0. The van der Waals surface area contributed by atoms with Crippen LogP contribution in [-0.4, -0.2) is 16.5 Å². The summed E-state index contributed by atoms with van der Waals surface area (Å²) < 4.78 is 0. The number of hydrogen-bond donors (Lipinski definition) is 1. The Hall–Kier alpha value is -1.74. The van der Waals surface area contributed by atoms with Crippen LogP contribution in [0.2, 0.25) is 0 Å². The molecule has 0 bridgehead atoms. The highest BCUT2D eigenvalue weighted by molar-refractivity contribution is 5.22. The SMILES string of the molecule is CCNC(CCc1ccc(C)cc1)c1cncnc1. The predicted molar refractivity (Wildman–Crippen MR) is 77.9 cm³/mol. The molecule has 0 aliphatic rings. The van der Waals surface area contributed by atoms with Crippen LogP contribution in [-0.2, 0) is 6.42 Å². The van der Waals surface area contributed by atoms with Crippen molar-refractivity contribution in [1.29, 1.82) is 0 Å². The van der Waals surface area contributed by atoms with E-state index in [-0.39, 0.29) is 0 Å². The van der Waals surface area contributed by atoms with E-state index in [0.717, 1.165) is 24.9 Å². The maximum atomic E-state index is 4.10. The third-order valence-electron chi connectivity index (χ3n) is 3.28. The molecular formula is C16H21N3. The van der Waals surface area contributed by atoms with Crippen LogP contribution in [0, 0.1) is 6.92 Å². The van der Waals surface area contributed by atoms with Crippen molar-refractivity contribution in [3.63, 3.8) is 0 Å². The number of rotatable bonds is 6. The summed E-state index contributed by atoms with van der Waals surface area (Å²) in [6.07, 6.45) is 7.49. The lowest BCUT2D eigenvalue weighted by molar-refractivity contribution is 0.512. The molecule has 3 nitrogen and oxygen atoms in total. The second-order valence-corrected chi connectivity index (χ2v) is 4.81. The lowest BCUT2D eigenvalue weighted by Crippen LogP contribution is -2.21. The summed E-state index contributed by atoms with van der Waals surface area (Å²) >= 11 is 0. The molecule has 0 radical (unpaired) electrons. The first-order chi connectivity index (χ1) is 9.29. The molecule has 1 unspecified atom stereocenters. The van der Waals surface area contributed by atoms with Crippen molar-refractivity contribution in [2.45, 2.75) is 32.7 Å². The molecule has 3 heteroatoms. The van der Waals surface area contributed by atoms with Gasteiger partial charge >= 0.3 is 0 Å². The van der Waals surface area contributed by atoms with E-state index < -0.39 is 0 Å². The van der Waals surface area contributed by atoms with Gasteiger partial charge in [-0.1, -0.05) is 36.8 Å². The molecule has 0 saturated carbocycles.